The highest BCUT2D eigenvalue weighted by Crippen LogP contribution is 2.50. The molecule has 1 aliphatic carbocycles. The van der Waals surface area contributed by atoms with Crippen molar-refractivity contribution in [1.82, 2.24) is 4.90 Å². The molecule has 138 valence electrons. The monoisotopic (exact) mass is 413 g/mol. The van der Waals surface area contributed by atoms with Crippen LogP contribution in [0.5, 0.6) is 5.75 Å². The second-order valence-corrected chi connectivity index (χ2v) is 9.05. The summed E-state index contributed by atoms with van der Waals surface area (Å²) in [6.45, 7) is 7.11. The van der Waals surface area contributed by atoms with E-state index < -0.39 is 5.60 Å². The van der Waals surface area contributed by atoms with Crippen LogP contribution in [0, 0.1) is 11.2 Å². The van der Waals surface area contributed by atoms with E-state index in [1.165, 1.54) is 6.07 Å². The molecule has 2 fully saturated rings. The lowest BCUT2D eigenvalue weighted by atomic mass is 9.61. The number of amides is 1. The van der Waals surface area contributed by atoms with Gasteiger partial charge in [0.15, 0.2) is 0 Å². The van der Waals surface area contributed by atoms with Crippen LogP contribution >= 0.6 is 15.9 Å². The summed E-state index contributed by atoms with van der Waals surface area (Å²) in [5.74, 6) is 0.268. The first-order valence-corrected chi connectivity index (χ1v) is 9.55. The average molecular weight is 414 g/mol. The van der Waals surface area contributed by atoms with Crippen LogP contribution in [0.3, 0.4) is 0 Å². The molecule has 1 amide bonds. The van der Waals surface area contributed by atoms with E-state index in [2.05, 4.69) is 15.9 Å². The molecule has 1 saturated carbocycles. The lowest BCUT2D eigenvalue weighted by Gasteiger charge is -2.51. The van der Waals surface area contributed by atoms with Gasteiger partial charge in [-0.05, 0) is 79.9 Å². The predicted molar refractivity (Wildman–Crippen MR) is 97.2 cm³/mol. The van der Waals surface area contributed by atoms with Gasteiger partial charge in [0, 0.05) is 19.2 Å². The maximum Gasteiger partial charge on any atom is 0.410 e. The molecule has 2 aliphatic rings. The van der Waals surface area contributed by atoms with Crippen molar-refractivity contribution in [2.24, 2.45) is 5.41 Å². The Bertz CT molecular complexity index is 643. The van der Waals surface area contributed by atoms with Gasteiger partial charge in [0.05, 0.1) is 10.6 Å². The van der Waals surface area contributed by atoms with Crippen LogP contribution < -0.4 is 4.74 Å². The number of halogens is 2. The summed E-state index contributed by atoms with van der Waals surface area (Å²) in [7, 11) is 0. The van der Waals surface area contributed by atoms with Gasteiger partial charge in [0.25, 0.3) is 0 Å². The highest BCUT2D eigenvalue weighted by atomic mass is 79.9. The Labute approximate surface area is 156 Å². The van der Waals surface area contributed by atoms with Crippen LogP contribution in [0.2, 0.25) is 0 Å². The maximum atomic E-state index is 13.6. The Morgan fingerprint density at radius 1 is 1.28 bits per heavy atom. The molecular weight excluding hydrogens is 389 g/mol. The van der Waals surface area contributed by atoms with E-state index in [1.54, 1.807) is 17.0 Å². The van der Waals surface area contributed by atoms with Crippen molar-refractivity contribution in [1.29, 1.82) is 0 Å². The number of hydrogen-bond acceptors (Lipinski definition) is 3. The predicted octanol–water partition coefficient (Wildman–Crippen LogP) is 5.15. The zero-order valence-corrected chi connectivity index (χ0v) is 16.6. The van der Waals surface area contributed by atoms with Crippen LogP contribution in [-0.4, -0.2) is 35.8 Å². The molecule has 0 bridgehead atoms. The molecule has 0 N–H and O–H groups in total. The van der Waals surface area contributed by atoms with E-state index >= 15 is 0 Å². The van der Waals surface area contributed by atoms with Gasteiger partial charge in [0.1, 0.15) is 17.2 Å². The molecule has 3 rings (SSSR count). The zero-order valence-electron chi connectivity index (χ0n) is 15.0. The Kier molecular flexibility index (Phi) is 5.02. The lowest BCUT2D eigenvalue weighted by molar-refractivity contribution is -0.0583. The number of carbonyl (C=O) groups excluding carboxylic acids is 1. The quantitative estimate of drug-likeness (QED) is 0.672. The molecule has 1 saturated heterocycles. The van der Waals surface area contributed by atoms with Crippen molar-refractivity contribution in [3.05, 3.63) is 28.5 Å². The molecule has 4 nitrogen and oxygen atoms in total. The summed E-state index contributed by atoms with van der Waals surface area (Å²) in [5, 5.41) is 0. The van der Waals surface area contributed by atoms with E-state index in [-0.39, 0.29) is 23.4 Å². The standard InChI is InChI=1S/C19H25BrFNO3/c1-18(2,3)25-17(23)22-8-6-19(7-9-22)11-14(12-19)24-13-4-5-15(20)16(21)10-13/h4-5,10,14H,6-9,11-12H2,1-3H3. The first kappa shape index (κ1) is 18.5. The molecule has 1 aromatic carbocycles. The molecule has 0 aromatic heterocycles. The molecule has 1 spiro atoms. The number of likely N-dealkylation sites (tertiary alicyclic amines) is 1. The first-order valence-electron chi connectivity index (χ1n) is 8.75. The summed E-state index contributed by atoms with van der Waals surface area (Å²) in [5.41, 5.74) is -0.196. The number of benzene rings is 1. The van der Waals surface area contributed by atoms with Gasteiger partial charge in [0.2, 0.25) is 0 Å². The summed E-state index contributed by atoms with van der Waals surface area (Å²) in [6, 6.07) is 4.86. The SMILES string of the molecule is CC(C)(C)OC(=O)N1CCC2(CC1)CC(Oc1ccc(Br)c(F)c1)C2. The fraction of sp³-hybridized carbons (Fsp3) is 0.632. The largest absolute Gasteiger partial charge is 0.490 e. The van der Waals surface area contributed by atoms with Gasteiger partial charge in [-0.25, -0.2) is 9.18 Å². The minimum atomic E-state index is -0.457. The van der Waals surface area contributed by atoms with Crippen LogP contribution in [0.25, 0.3) is 0 Å². The Balaban J connectivity index is 1.46. The Morgan fingerprint density at radius 3 is 2.48 bits per heavy atom. The van der Waals surface area contributed by atoms with Crippen molar-refractivity contribution in [2.45, 2.75) is 58.2 Å². The molecule has 1 heterocycles. The number of ether oxygens (including phenoxy) is 2. The van der Waals surface area contributed by atoms with Crippen molar-refractivity contribution in [2.75, 3.05) is 13.1 Å². The van der Waals surface area contributed by atoms with Gasteiger partial charge in [-0.1, -0.05) is 0 Å². The van der Waals surface area contributed by atoms with Crippen LogP contribution in [0.15, 0.2) is 22.7 Å². The number of rotatable bonds is 2. The van der Waals surface area contributed by atoms with Crippen LogP contribution in [0.1, 0.15) is 46.5 Å². The van der Waals surface area contributed by atoms with Gasteiger partial charge in [-0.3, -0.25) is 0 Å². The smallest absolute Gasteiger partial charge is 0.410 e. The summed E-state index contributed by atoms with van der Waals surface area (Å²) < 4.78 is 25.3. The number of piperidine rings is 1. The topological polar surface area (TPSA) is 38.8 Å². The van der Waals surface area contributed by atoms with Gasteiger partial charge in [-0.15, -0.1) is 0 Å². The summed E-state index contributed by atoms with van der Waals surface area (Å²) >= 11 is 3.15. The Morgan fingerprint density at radius 2 is 1.92 bits per heavy atom. The molecule has 0 atom stereocenters. The van der Waals surface area contributed by atoms with Gasteiger partial charge in [-0.2, -0.15) is 0 Å². The van der Waals surface area contributed by atoms with Gasteiger partial charge >= 0.3 is 6.09 Å². The molecule has 25 heavy (non-hydrogen) atoms. The van der Waals surface area contributed by atoms with E-state index in [9.17, 15) is 9.18 Å². The third kappa shape index (κ3) is 4.46. The van der Waals surface area contributed by atoms with E-state index in [0.29, 0.717) is 10.2 Å². The minimum Gasteiger partial charge on any atom is -0.490 e. The average Bonchev–Trinajstić information content (AvgIpc) is 2.48. The Hall–Kier alpha value is -1.30. The van der Waals surface area contributed by atoms with Crippen molar-refractivity contribution < 1.29 is 18.7 Å². The van der Waals surface area contributed by atoms with Crippen molar-refractivity contribution >= 4 is 22.0 Å². The summed E-state index contributed by atoms with van der Waals surface area (Å²) in [4.78, 5) is 13.9. The van der Waals surface area contributed by atoms with Crippen LogP contribution in [0.4, 0.5) is 9.18 Å². The third-order valence-corrected chi connectivity index (χ3v) is 5.63. The lowest BCUT2D eigenvalue weighted by Crippen LogP contribution is -2.52. The first-order chi connectivity index (χ1) is 11.7. The normalized spacial score (nSPS) is 20.3. The molecule has 0 radical (unpaired) electrons. The maximum absolute atomic E-state index is 13.6. The van der Waals surface area contributed by atoms with E-state index in [0.717, 1.165) is 38.8 Å². The highest BCUT2D eigenvalue weighted by Gasteiger charge is 2.48. The van der Waals surface area contributed by atoms with E-state index in [1.807, 2.05) is 20.8 Å². The molecule has 1 aromatic rings. The third-order valence-electron chi connectivity index (χ3n) is 4.99. The fourth-order valence-corrected chi connectivity index (χ4v) is 3.88. The molecule has 0 unspecified atom stereocenters. The molecule has 1 aliphatic heterocycles. The fourth-order valence-electron chi connectivity index (χ4n) is 3.63. The molecule has 6 heteroatoms. The highest BCUT2D eigenvalue weighted by molar-refractivity contribution is 9.10. The zero-order chi connectivity index (χ0) is 18.2. The number of carbonyl (C=O) groups is 1. The number of hydrogen-bond donors (Lipinski definition) is 0. The van der Waals surface area contributed by atoms with Crippen molar-refractivity contribution in [3.8, 4) is 5.75 Å². The second kappa shape index (κ2) is 6.78. The van der Waals surface area contributed by atoms with E-state index in [4.69, 9.17) is 9.47 Å². The van der Waals surface area contributed by atoms with Gasteiger partial charge < -0.3 is 14.4 Å². The van der Waals surface area contributed by atoms with Crippen molar-refractivity contribution in [3.63, 3.8) is 0 Å². The molecular formula is C19H25BrFNO3. The second-order valence-electron chi connectivity index (χ2n) is 8.19. The van der Waals surface area contributed by atoms with Crippen LogP contribution in [-0.2, 0) is 4.74 Å². The number of nitrogens with zero attached hydrogens (tertiary/aromatic N) is 1. The minimum absolute atomic E-state index is 0.133. The summed E-state index contributed by atoms with van der Waals surface area (Å²) in [6.07, 6.45) is 3.79.